The second-order valence-corrected chi connectivity index (χ2v) is 8.85. The van der Waals surface area contributed by atoms with Crippen molar-refractivity contribution in [1.82, 2.24) is 14.9 Å². The molecule has 8 nitrogen and oxygen atoms in total. The van der Waals surface area contributed by atoms with Crippen LogP contribution in [0.3, 0.4) is 0 Å². The molecule has 3 rings (SSSR count). The SMILES string of the molecule is CNC(=O)c1cccc(CNC(=O)c2ccc(OC)c(S(=O)(=O)N3CCCC3)c2)c1. The van der Waals surface area contributed by atoms with Gasteiger partial charge < -0.3 is 15.4 Å². The Kier molecular flexibility index (Phi) is 6.73. The monoisotopic (exact) mass is 431 g/mol. The predicted octanol–water partition coefficient (Wildman–Crippen LogP) is 1.77. The van der Waals surface area contributed by atoms with Gasteiger partial charge in [0.05, 0.1) is 7.11 Å². The van der Waals surface area contributed by atoms with Crippen LogP contribution in [0.1, 0.15) is 39.1 Å². The van der Waals surface area contributed by atoms with Crippen molar-refractivity contribution in [1.29, 1.82) is 0 Å². The van der Waals surface area contributed by atoms with E-state index in [4.69, 9.17) is 4.74 Å². The summed E-state index contributed by atoms with van der Waals surface area (Å²) in [4.78, 5) is 24.4. The Morgan fingerprint density at radius 2 is 1.73 bits per heavy atom. The quantitative estimate of drug-likeness (QED) is 0.695. The zero-order valence-corrected chi connectivity index (χ0v) is 17.8. The number of nitrogens with zero attached hydrogens (tertiary/aromatic N) is 1. The van der Waals surface area contributed by atoms with Crippen molar-refractivity contribution < 1.29 is 22.7 Å². The maximum atomic E-state index is 13.0. The molecule has 1 heterocycles. The second kappa shape index (κ2) is 9.27. The zero-order chi connectivity index (χ0) is 21.7. The van der Waals surface area contributed by atoms with Crippen LogP contribution in [0.15, 0.2) is 47.4 Å². The summed E-state index contributed by atoms with van der Waals surface area (Å²) in [6.45, 7) is 1.12. The van der Waals surface area contributed by atoms with Gasteiger partial charge in [0.1, 0.15) is 10.6 Å². The van der Waals surface area contributed by atoms with Crippen LogP contribution in [-0.2, 0) is 16.6 Å². The Bertz CT molecular complexity index is 1050. The van der Waals surface area contributed by atoms with Crippen molar-refractivity contribution in [2.24, 2.45) is 0 Å². The van der Waals surface area contributed by atoms with Gasteiger partial charge >= 0.3 is 0 Å². The number of ether oxygens (including phenoxy) is 1. The van der Waals surface area contributed by atoms with Crippen LogP contribution in [0.25, 0.3) is 0 Å². The normalized spacial score (nSPS) is 14.3. The first-order chi connectivity index (χ1) is 14.4. The Labute approximate surface area is 176 Å². The molecule has 2 N–H and O–H groups in total. The first kappa shape index (κ1) is 21.8. The number of carbonyl (C=O) groups excluding carboxylic acids is 2. The molecule has 1 aliphatic heterocycles. The van der Waals surface area contributed by atoms with Crippen LogP contribution < -0.4 is 15.4 Å². The smallest absolute Gasteiger partial charge is 0.251 e. The zero-order valence-electron chi connectivity index (χ0n) is 17.0. The summed E-state index contributed by atoms with van der Waals surface area (Å²) in [6.07, 6.45) is 1.63. The Balaban J connectivity index is 1.79. The molecule has 0 radical (unpaired) electrons. The Hall–Kier alpha value is -2.91. The van der Waals surface area contributed by atoms with E-state index in [9.17, 15) is 18.0 Å². The first-order valence-electron chi connectivity index (χ1n) is 9.64. The molecule has 1 aliphatic rings. The van der Waals surface area contributed by atoms with Crippen molar-refractivity contribution in [3.05, 3.63) is 59.2 Å². The number of hydrogen-bond donors (Lipinski definition) is 2. The minimum atomic E-state index is -3.74. The summed E-state index contributed by atoms with van der Waals surface area (Å²) in [5.74, 6) is -0.423. The highest BCUT2D eigenvalue weighted by molar-refractivity contribution is 7.89. The lowest BCUT2D eigenvalue weighted by molar-refractivity contribution is 0.0948. The van der Waals surface area contributed by atoms with Gasteiger partial charge in [-0.3, -0.25) is 9.59 Å². The van der Waals surface area contributed by atoms with E-state index in [0.717, 1.165) is 18.4 Å². The predicted molar refractivity (Wildman–Crippen MR) is 112 cm³/mol. The minimum Gasteiger partial charge on any atom is -0.495 e. The van der Waals surface area contributed by atoms with E-state index in [-0.39, 0.29) is 28.7 Å². The number of nitrogens with one attached hydrogen (secondary N) is 2. The van der Waals surface area contributed by atoms with Gasteiger partial charge in [-0.05, 0) is 48.7 Å². The molecule has 2 amide bonds. The highest BCUT2D eigenvalue weighted by Crippen LogP contribution is 2.29. The van der Waals surface area contributed by atoms with Gasteiger partial charge in [0.2, 0.25) is 10.0 Å². The average molecular weight is 432 g/mol. The third-order valence-corrected chi connectivity index (χ3v) is 6.90. The molecule has 2 aromatic carbocycles. The topological polar surface area (TPSA) is 105 Å². The maximum Gasteiger partial charge on any atom is 0.251 e. The summed E-state index contributed by atoms with van der Waals surface area (Å²) in [5.41, 5.74) is 1.46. The highest BCUT2D eigenvalue weighted by atomic mass is 32.2. The molecular weight excluding hydrogens is 406 g/mol. The van der Waals surface area contributed by atoms with Crippen molar-refractivity contribution >= 4 is 21.8 Å². The van der Waals surface area contributed by atoms with Gasteiger partial charge in [0.15, 0.2) is 0 Å². The third kappa shape index (κ3) is 4.63. The van der Waals surface area contributed by atoms with Crippen molar-refractivity contribution in [2.75, 3.05) is 27.2 Å². The minimum absolute atomic E-state index is 0.0128. The van der Waals surface area contributed by atoms with E-state index in [1.54, 1.807) is 31.3 Å². The van der Waals surface area contributed by atoms with Crippen molar-refractivity contribution in [3.8, 4) is 5.75 Å². The van der Waals surface area contributed by atoms with Crippen LogP contribution in [-0.4, -0.2) is 51.8 Å². The number of amides is 2. The summed E-state index contributed by atoms with van der Waals surface area (Å²) < 4.78 is 32.6. The van der Waals surface area contributed by atoms with Gasteiger partial charge in [0, 0.05) is 37.8 Å². The van der Waals surface area contributed by atoms with Crippen LogP contribution in [0, 0.1) is 0 Å². The number of rotatable bonds is 7. The van der Waals surface area contributed by atoms with Gasteiger partial charge in [-0.1, -0.05) is 12.1 Å². The summed E-state index contributed by atoms with van der Waals surface area (Å²) >= 11 is 0. The largest absolute Gasteiger partial charge is 0.495 e. The first-order valence-corrected chi connectivity index (χ1v) is 11.1. The van der Waals surface area contributed by atoms with Crippen LogP contribution >= 0.6 is 0 Å². The van der Waals surface area contributed by atoms with Crippen LogP contribution in [0.2, 0.25) is 0 Å². The number of carbonyl (C=O) groups is 2. The third-order valence-electron chi connectivity index (χ3n) is 4.98. The van der Waals surface area contributed by atoms with E-state index < -0.39 is 15.9 Å². The van der Waals surface area contributed by atoms with E-state index in [1.165, 1.54) is 29.6 Å². The number of benzene rings is 2. The molecule has 0 saturated carbocycles. The highest BCUT2D eigenvalue weighted by Gasteiger charge is 2.30. The molecular formula is C21H25N3O5S. The van der Waals surface area contributed by atoms with E-state index in [2.05, 4.69) is 10.6 Å². The van der Waals surface area contributed by atoms with Crippen LogP contribution in [0.4, 0.5) is 0 Å². The van der Waals surface area contributed by atoms with Gasteiger partial charge in [0.25, 0.3) is 11.8 Å². The van der Waals surface area contributed by atoms with E-state index in [1.807, 2.05) is 0 Å². The fourth-order valence-corrected chi connectivity index (χ4v) is 5.04. The van der Waals surface area contributed by atoms with E-state index in [0.29, 0.717) is 18.7 Å². The lowest BCUT2D eigenvalue weighted by Crippen LogP contribution is -2.29. The molecule has 30 heavy (non-hydrogen) atoms. The number of methoxy groups -OCH3 is 1. The lowest BCUT2D eigenvalue weighted by atomic mass is 10.1. The fourth-order valence-electron chi connectivity index (χ4n) is 3.34. The second-order valence-electron chi connectivity index (χ2n) is 6.94. The number of hydrogen-bond acceptors (Lipinski definition) is 5. The Morgan fingerprint density at radius 1 is 1.03 bits per heavy atom. The average Bonchev–Trinajstić information content (AvgIpc) is 3.32. The van der Waals surface area contributed by atoms with Gasteiger partial charge in [-0.25, -0.2) is 8.42 Å². The molecule has 0 atom stereocenters. The molecule has 0 bridgehead atoms. The van der Waals surface area contributed by atoms with Gasteiger partial charge in [-0.2, -0.15) is 4.31 Å². The molecule has 160 valence electrons. The standard InChI is InChI=1S/C21H25N3O5S/c1-22-20(25)16-7-5-6-15(12-16)14-23-21(26)17-8-9-18(29-2)19(13-17)30(27,28)24-10-3-4-11-24/h5-9,12-13H,3-4,10-11,14H2,1-2H3,(H,22,25)(H,23,26). The summed E-state index contributed by atoms with van der Waals surface area (Å²) in [7, 11) is -0.789. The Morgan fingerprint density at radius 3 is 2.40 bits per heavy atom. The summed E-state index contributed by atoms with van der Waals surface area (Å²) in [5, 5.41) is 5.32. The molecule has 0 spiro atoms. The number of sulfonamides is 1. The maximum absolute atomic E-state index is 13.0. The van der Waals surface area contributed by atoms with Crippen LogP contribution in [0.5, 0.6) is 5.75 Å². The lowest BCUT2D eigenvalue weighted by Gasteiger charge is -2.18. The molecule has 2 aromatic rings. The molecule has 1 fully saturated rings. The van der Waals surface area contributed by atoms with E-state index >= 15 is 0 Å². The fraction of sp³-hybridized carbons (Fsp3) is 0.333. The molecule has 9 heteroatoms. The summed E-state index contributed by atoms with van der Waals surface area (Å²) in [6, 6.07) is 11.3. The molecule has 0 aromatic heterocycles. The van der Waals surface area contributed by atoms with Crippen molar-refractivity contribution in [3.63, 3.8) is 0 Å². The molecule has 0 aliphatic carbocycles. The molecule has 1 saturated heterocycles. The van der Waals surface area contributed by atoms with Crippen molar-refractivity contribution in [2.45, 2.75) is 24.3 Å². The van der Waals surface area contributed by atoms with Gasteiger partial charge in [-0.15, -0.1) is 0 Å². The molecule has 0 unspecified atom stereocenters.